The zero-order valence-electron chi connectivity index (χ0n) is 17.5. The van der Waals surface area contributed by atoms with Gasteiger partial charge in [-0.3, -0.25) is 9.59 Å². The minimum atomic E-state index is -0.286. The highest BCUT2D eigenvalue weighted by Gasteiger charge is 2.07. The number of carbonyl (C=O) groups excluding carboxylic acids is 1. The maximum atomic E-state index is 12.1. The average Bonchev–Trinajstić information content (AvgIpc) is 2.80. The summed E-state index contributed by atoms with van der Waals surface area (Å²) < 4.78 is 17.4. The maximum Gasteiger partial charge on any atom is 0.266 e. The summed E-state index contributed by atoms with van der Waals surface area (Å²) in [6.45, 7) is 2.86. The van der Waals surface area contributed by atoms with Crippen LogP contribution in [0, 0.1) is 0 Å². The van der Waals surface area contributed by atoms with Crippen LogP contribution < -0.4 is 25.1 Å². The van der Waals surface area contributed by atoms with Gasteiger partial charge in [0.1, 0.15) is 17.2 Å². The van der Waals surface area contributed by atoms with Crippen LogP contribution in [-0.2, 0) is 11.3 Å². The van der Waals surface area contributed by atoms with E-state index in [1.807, 2.05) is 31.2 Å². The van der Waals surface area contributed by atoms with E-state index in [1.54, 1.807) is 37.4 Å². The molecule has 8 nitrogen and oxygen atoms in total. The van der Waals surface area contributed by atoms with Gasteiger partial charge in [-0.05, 0) is 49.4 Å². The van der Waals surface area contributed by atoms with Crippen molar-refractivity contribution in [3.05, 3.63) is 71.0 Å². The highest BCUT2D eigenvalue weighted by molar-refractivity contribution is 5.77. The van der Waals surface area contributed by atoms with Crippen LogP contribution in [0.1, 0.15) is 6.92 Å². The van der Waals surface area contributed by atoms with Gasteiger partial charge in [-0.2, -0.15) is 5.10 Å². The Kier molecular flexibility index (Phi) is 7.64. The number of benzene rings is 2. The molecule has 1 heterocycles. The quantitative estimate of drug-likeness (QED) is 0.539. The molecule has 0 saturated carbocycles. The normalized spacial score (nSPS) is 10.4. The number of hydrogen-bond acceptors (Lipinski definition) is 6. The topological polar surface area (TPSA) is 91.7 Å². The fourth-order valence-corrected chi connectivity index (χ4v) is 2.85. The fraction of sp³-hybridized carbons (Fsp3) is 0.261. The third-order valence-corrected chi connectivity index (χ3v) is 4.38. The number of rotatable bonds is 10. The summed E-state index contributed by atoms with van der Waals surface area (Å²) in [6, 6.07) is 17.6. The second-order valence-electron chi connectivity index (χ2n) is 6.55. The first-order valence-electron chi connectivity index (χ1n) is 9.94. The average molecular weight is 423 g/mol. The molecule has 0 aliphatic carbocycles. The van der Waals surface area contributed by atoms with E-state index in [9.17, 15) is 9.59 Å². The Morgan fingerprint density at radius 3 is 2.45 bits per heavy atom. The Labute approximate surface area is 180 Å². The van der Waals surface area contributed by atoms with Crippen molar-refractivity contribution in [2.45, 2.75) is 13.5 Å². The van der Waals surface area contributed by atoms with E-state index < -0.39 is 0 Å². The Morgan fingerprint density at radius 2 is 1.74 bits per heavy atom. The molecular formula is C23H25N3O5. The van der Waals surface area contributed by atoms with E-state index in [4.69, 9.17) is 14.2 Å². The third-order valence-electron chi connectivity index (χ3n) is 4.38. The van der Waals surface area contributed by atoms with Crippen molar-refractivity contribution in [3.63, 3.8) is 0 Å². The van der Waals surface area contributed by atoms with Gasteiger partial charge in [0.2, 0.25) is 0 Å². The lowest BCUT2D eigenvalue weighted by Gasteiger charge is -2.10. The first-order chi connectivity index (χ1) is 15.1. The summed E-state index contributed by atoms with van der Waals surface area (Å²) in [5.74, 6) is 1.73. The van der Waals surface area contributed by atoms with Gasteiger partial charge in [0.15, 0.2) is 6.61 Å². The van der Waals surface area contributed by atoms with Gasteiger partial charge in [0.25, 0.3) is 11.5 Å². The first-order valence-corrected chi connectivity index (χ1v) is 9.94. The minimum absolute atomic E-state index is 0.125. The summed E-state index contributed by atoms with van der Waals surface area (Å²) in [7, 11) is 1.59. The number of carbonyl (C=O) groups is 1. The molecule has 0 bridgehead atoms. The first kappa shape index (κ1) is 21.9. The highest BCUT2D eigenvalue weighted by atomic mass is 16.5. The standard InChI is InChI=1S/C23H25N3O5/c1-3-30-18-7-9-19(10-8-18)31-16-22(27)24-13-14-26-23(28)12-11-21(25-26)17-5-4-6-20(15-17)29-2/h4-12,15H,3,13-14,16H2,1-2H3,(H,24,27). The summed E-state index contributed by atoms with van der Waals surface area (Å²) in [4.78, 5) is 24.2. The van der Waals surface area contributed by atoms with Crippen LogP contribution in [0.25, 0.3) is 11.3 Å². The maximum absolute atomic E-state index is 12.1. The number of ether oxygens (including phenoxy) is 3. The summed E-state index contributed by atoms with van der Waals surface area (Å²) in [5.41, 5.74) is 1.23. The van der Waals surface area contributed by atoms with Crippen LogP contribution in [-0.4, -0.2) is 42.6 Å². The van der Waals surface area contributed by atoms with Crippen molar-refractivity contribution in [3.8, 4) is 28.5 Å². The zero-order valence-corrected chi connectivity index (χ0v) is 17.5. The Morgan fingerprint density at radius 1 is 1.00 bits per heavy atom. The smallest absolute Gasteiger partial charge is 0.266 e. The molecule has 1 N–H and O–H groups in total. The molecule has 162 valence electrons. The Balaban J connectivity index is 1.51. The van der Waals surface area contributed by atoms with E-state index in [1.165, 1.54) is 10.7 Å². The van der Waals surface area contributed by atoms with E-state index in [0.29, 0.717) is 23.8 Å². The van der Waals surface area contributed by atoms with Gasteiger partial charge in [0, 0.05) is 18.2 Å². The molecule has 8 heteroatoms. The van der Waals surface area contributed by atoms with Crippen LogP contribution in [0.5, 0.6) is 17.2 Å². The van der Waals surface area contributed by atoms with E-state index >= 15 is 0 Å². The van der Waals surface area contributed by atoms with Crippen LogP contribution in [0.3, 0.4) is 0 Å². The van der Waals surface area contributed by atoms with Gasteiger partial charge >= 0.3 is 0 Å². The lowest BCUT2D eigenvalue weighted by atomic mass is 10.1. The lowest BCUT2D eigenvalue weighted by Crippen LogP contribution is -2.34. The SMILES string of the molecule is CCOc1ccc(OCC(=O)NCCn2nc(-c3cccc(OC)c3)ccc2=O)cc1. The van der Waals surface area contributed by atoms with Crippen LogP contribution in [0.2, 0.25) is 0 Å². The van der Waals surface area contributed by atoms with Gasteiger partial charge in [-0.1, -0.05) is 12.1 Å². The van der Waals surface area contributed by atoms with Gasteiger partial charge in [0.05, 0.1) is 26.0 Å². The second-order valence-corrected chi connectivity index (χ2v) is 6.55. The molecule has 0 atom stereocenters. The van der Waals surface area contributed by atoms with Crippen molar-refractivity contribution >= 4 is 5.91 Å². The number of nitrogens with zero attached hydrogens (tertiary/aromatic N) is 2. The molecule has 0 aliphatic rings. The van der Waals surface area contributed by atoms with Crippen LogP contribution in [0.15, 0.2) is 65.5 Å². The van der Waals surface area contributed by atoms with Crippen LogP contribution >= 0.6 is 0 Å². The van der Waals surface area contributed by atoms with E-state index in [0.717, 1.165) is 11.3 Å². The number of nitrogens with one attached hydrogen (secondary N) is 1. The molecule has 0 radical (unpaired) electrons. The van der Waals surface area contributed by atoms with Crippen molar-refractivity contribution in [2.24, 2.45) is 0 Å². The molecule has 0 unspecified atom stereocenters. The molecular weight excluding hydrogens is 398 g/mol. The zero-order chi connectivity index (χ0) is 22.1. The lowest BCUT2D eigenvalue weighted by molar-refractivity contribution is -0.123. The van der Waals surface area contributed by atoms with Crippen LogP contribution in [0.4, 0.5) is 0 Å². The minimum Gasteiger partial charge on any atom is -0.497 e. The summed E-state index contributed by atoms with van der Waals surface area (Å²) in [5, 5.41) is 7.12. The van der Waals surface area contributed by atoms with Crippen molar-refractivity contribution in [1.82, 2.24) is 15.1 Å². The van der Waals surface area contributed by atoms with Crippen molar-refractivity contribution < 1.29 is 19.0 Å². The molecule has 0 saturated heterocycles. The monoisotopic (exact) mass is 423 g/mol. The van der Waals surface area contributed by atoms with Gasteiger partial charge < -0.3 is 19.5 Å². The molecule has 2 aromatic carbocycles. The van der Waals surface area contributed by atoms with Gasteiger partial charge in [-0.25, -0.2) is 4.68 Å². The molecule has 3 rings (SSSR count). The predicted octanol–water partition coefficient (Wildman–Crippen LogP) is 2.51. The fourth-order valence-electron chi connectivity index (χ4n) is 2.85. The largest absolute Gasteiger partial charge is 0.497 e. The van der Waals surface area contributed by atoms with Gasteiger partial charge in [-0.15, -0.1) is 0 Å². The number of aromatic nitrogens is 2. The third kappa shape index (κ3) is 6.33. The summed E-state index contributed by atoms with van der Waals surface area (Å²) >= 11 is 0. The van der Waals surface area contributed by atoms with Crippen molar-refractivity contribution in [1.29, 1.82) is 0 Å². The molecule has 0 aliphatic heterocycles. The molecule has 31 heavy (non-hydrogen) atoms. The number of methoxy groups -OCH3 is 1. The van der Waals surface area contributed by atoms with E-state index in [2.05, 4.69) is 10.4 Å². The molecule has 1 amide bonds. The molecule has 0 fully saturated rings. The number of hydrogen-bond donors (Lipinski definition) is 1. The molecule has 3 aromatic rings. The Bertz CT molecular complexity index is 1060. The van der Waals surface area contributed by atoms with E-state index in [-0.39, 0.29) is 31.2 Å². The predicted molar refractivity (Wildman–Crippen MR) is 117 cm³/mol. The number of amides is 1. The molecule has 1 aromatic heterocycles. The highest BCUT2D eigenvalue weighted by Crippen LogP contribution is 2.21. The molecule has 0 spiro atoms. The Hall–Kier alpha value is -3.81. The van der Waals surface area contributed by atoms with Crippen molar-refractivity contribution in [2.75, 3.05) is 26.9 Å². The summed E-state index contributed by atoms with van der Waals surface area (Å²) in [6.07, 6.45) is 0. The second kappa shape index (κ2) is 10.8.